The Labute approximate surface area is 124 Å². The van der Waals surface area contributed by atoms with Crippen LogP contribution < -0.4 is 5.32 Å². The van der Waals surface area contributed by atoms with E-state index < -0.39 is 0 Å². The first-order valence-corrected chi connectivity index (χ1v) is 7.15. The number of nitrogens with one attached hydrogen (secondary N) is 1. The molecule has 0 saturated heterocycles. The van der Waals surface area contributed by atoms with E-state index in [0.717, 1.165) is 23.8 Å². The van der Waals surface area contributed by atoms with Gasteiger partial charge in [-0.3, -0.25) is 0 Å². The summed E-state index contributed by atoms with van der Waals surface area (Å²) in [4.78, 5) is 0. The fourth-order valence-electron chi connectivity index (χ4n) is 2.41. The highest BCUT2D eigenvalue weighted by Crippen LogP contribution is 2.18. The van der Waals surface area contributed by atoms with Crippen molar-refractivity contribution in [3.63, 3.8) is 0 Å². The van der Waals surface area contributed by atoms with E-state index in [9.17, 15) is 0 Å². The molecule has 0 spiro atoms. The van der Waals surface area contributed by atoms with Crippen molar-refractivity contribution in [1.29, 1.82) is 0 Å². The van der Waals surface area contributed by atoms with Gasteiger partial charge in [0.2, 0.25) is 0 Å². The Balaban J connectivity index is 1.69. The van der Waals surface area contributed by atoms with Crippen molar-refractivity contribution >= 4 is 28.2 Å². The molecule has 1 aromatic heterocycles. The Morgan fingerprint density at radius 1 is 1.10 bits per heavy atom. The van der Waals surface area contributed by atoms with E-state index >= 15 is 0 Å². The number of hydrogen-bond acceptors (Lipinski definition) is 1. The van der Waals surface area contributed by atoms with Crippen molar-refractivity contribution in [3.05, 3.63) is 65.3 Å². The molecule has 1 heterocycles. The van der Waals surface area contributed by atoms with Gasteiger partial charge in [-0.2, -0.15) is 0 Å². The van der Waals surface area contributed by atoms with Crippen LogP contribution in [0.2, 0.25) is 5.02 Å². The van der Waals surface area contributed by atoms with Crippen molar-refractivity contribution in [2.75, 3.05) is 11.9 Å². The van der Waals surface area contributed by atoms with Crippen molar-refractivity contribution in [2.45, 2.75) is 13.5 Å². The molecule has 0 atom stereocenters. The molecule has 0 aliphatic rings. The first-order chi connectivity index (χ1) is 9.72. The van der Waals surface area contributed by atoms with Gasteiger partial charge in [0.05, 0.1) is 0 Å². The van der Waals surface area contributed by atoms with Gasteiger partial charge < -0.3 is 9.88 Å². The maximum atomic E-state index is 5.97. The number of nitrogens with zero attached hydrogens (tertiary/aromatic N) is 1. The third-order valence-corrected chi connectivity index (χ3v) is 3.67. The minimum Gasteiger partial charge on any atom is -0.383 e. The summed E-state index contributed by atoms with van der Waals surface area (Å²) >= 11 is 5.97. The highest BCUT2D eigenvalue weighted by atomic mass is 35.5. The first-order valence-electron chi connectivity index (χ1n) is 6.77. The van der Waals surface area contributed by atoms with Crippen LogP contribution in [0.3, 0.4) is 0 Å². The smallest absolute Gasteiger partial charge is 0.0483 e. The van der Waals surface area contributed by atoms with Gasteiger partial charge in [0, 0.05) is 35.5 Å². The zero-order chi connectivity index (χ0) is 13.9. The molecule has 0 amide bonds. The van der Waals surface area contributed by atoms with Crippen LogP contribution in [0.1, 0.15) is 5.56 Å². The molecule has 2 nitrogen and oxygen atoms in total. The third-order valence-electron chi connectivity index (χ3n) is 3.44. The predicted octanol–water partition coefficient (Wildman–Crippen LogP) is 4.72. The van der Waals surface area contributed by atoms with Crippen molar-refractivity contribution in [3.8, 4) is 0 Å². The monoisotopic (exact) mass is 284 g/mol. The lowest BCUT2D eigenvalue weighted by Gasteiger charge is -2.09. The second-order valence-corrected chi connectivity index (χ2v) is 5.44. The number of rotatable bonds is 4. The number of aromatic nitrogens is 1. The first kappa shape index (κ1) is 13.1. The Kier molecular flexibility index (Phi) is 3.66. The topological polar surface area (TPSA) is 17.0 Å². The molecule has 0 fully saturated rings. The Morgan fingerprint density at radius 2 is 2.00 bits per heavy atom. The minimum atomic E-state index is 0.761. The molecule has 2 aromatic carbocycles. The molecule has 20 heavy (non-hydrogen) atoms. The SMILES string of the molecule is Cc1ccc2ccn(CCNc3cccc(Cl)c3)c2c1. The summed E-state index contributed by atoms with van der Waals surface area (Å²) in [5.74, 6) is 0. The molecule has 3 aromatic rings. The van der Waals surface area contributed by atoms with Crippen LogP contribution in [-0.4, -0.2) is 11.1 Å². The van der Waals surface area contributed by atoms with Crippen LogP contribution in [-0.2, 0) is 6.54 Å². The number of halogens is 1. The lowest BCUT2D eigenvalue weighted by molar-refractivity contribution is 0.757. The summed E-state index contributed by atoms with van der Waals surface area (Å²) in [5.41, 5.74) is 3.64. The van der Waals surface area contributed by atoms with Gasteiger partial charge in [-0.05, 0) is 48.2 Å². The molecule has 1 N–H and O–H groups in total. The summed E-state index contributed by atoms with van der Waals surface area (Å²) < 4.78 is 2.28. The Hall–Kier alpha value is -1.93. The van der Waals surface area contributed by atoms with Crippen LogP contribution in [0.4, 0.5) is 5.69 Å². The van der Waals surface area contributed by atoms with Crippen molar-refractivity contribution < 1.29 is 0 Å². The average molecular weight is 285 g/mol. The maximum Gasteiger partial charge on any atom is 0.0483 e. The van der Waals surface area contributed by atoms with Gasteiger partial charge in [-0.25, -0.2) is 0 Å². The number of fused-ring (bicyclic) bond motifs is 1. The standard InChI is InChI=1S/C17H17ClN2/c1-13-5-6-14-7-9-20(17(14)11-13)10-8-19-16-4-2-3-15(18)12-16/h2-7,9,11-12,19H,8,10H2,1H3. The summed E-state index contributed by atoms with van der Waals surface area (Å²) in [6.45, 7) is 3.93. The largest absolute Gasteiger partial charge is 0.383 e. The normalized spacial score (nSPS) is 10.9. The van der Waals surface area contributed by atoms with E-state index in [1.54, 1.807) is 0 Å². The molecule has 0 aliphatic heterocycles. The lowest BCUT2D eigenvalue weighted by atomic mass is 10.2. The van der Waals surface area contributed by atoms with Crippen LogP contribution >= 0.6 is 11.6 Å². The zero-order valence-electron chi connectivity index (χ0n) is 11.4. The quantitative estimate of drug-likeness (QED) is 0.734. The molecule has 3 rings (SSSR count). The highest BCUT2D eigenvalue weighted by Gasteiger charge is 2.01. The zero-order valence-corrected chi connectivity index (χ0v) is 12.2. The number of hydrogen-bond donors (Lipinski definition) is 1. The van der Waals surface area contributed by atoms with Gasteiger partial charge >= 0.3 is 0 Å². The fourth-order valence-corrected chi connectivity index (χ4v) is 2.60. The van der Waals surface area contributed by atoms with E-state index in [1.165, 1.54) is 16.5 Å². The lowest BCUT2D eigenvalue weighted by Crippen LogP contribution is -2.09. The highest BCUT2D eigenvalue weighted by molar-refractivity contribution is 6.30. The van der Waals surface area contributed by atoms with E-state index in [1.807, 2.05) is 24.3 Å². The van der Waals surface area contributed by atoms with E-state index in [0.29, 0.717) is 0 Å². The minimum absolute atomic E-state index is 0.761. The van der Waals surface area contributed by atoms with Crippen LogP contribution in [0.5, 0.6) is 0 Å². The van der Waals surface area contributed by atoms with E-state index in [-0.39, 0.29) is 0 Å². The number of benzene rings is 2. The van der Waals surface area contributed by atoms with E-state index in [4.69, 9.17) is 11.6 Å². The number of anilines is 1. The molecule has 0 saturated carbocycles. The molecule has 0 radical (unpaired) electrons. The Bertz CT molecular complexity index is 731. The van der Waals surface area contributed by atoms with Crippen molar-refractivity contribution in [2.24, 2.45) is 0 Å². The molecule has 0 bridgehead atoms. The second kappa shape index (κ2) is 5.59. The molecular formula is C17H17ClN2. The van der Waals surface area contributed by atoms with Gasteiger partial charge in [0.1, 0.15) is 0 Å². The van der Waals surface area contributed by atoms with Crippen LogP contribution in [0.15, 0.2) is 54.7 Å². The summed E-state index contributed by atoms with van der Waals surface area (Å²) in [5, 5.41) is 5.45. The third kappa shape index (κ3) is 2.81. The van der Waals surface area contributed by atoms with Gasteiger partial charge in [-0.1, -0.05) is 29.8 Å². The van der Waals surface area contributed by atoms with Crippen molar-refractivity contribution in [1.82, 2.24) is 4.57 Å². The maximum absolute atomic E-state index is 5.97. The van der Waals surface area contributed by atoms with Crippen LogP contribution in [0.25, 0.3) is 10.9 Å². The molecule has 0 aliphatic carbocycles. The molecular weight excluding hydrogens is 268 g/mol. The summed E-state index contributed by atoms with van der Waals surface area (Å²) in [6, 6.07) is 16.5. The molecule has 0 unspecified atom stereocenters. The van der Waals surface area contributed by atoms with Crippen LogP contribution in [0, 0.1) is 6.92 Å². The van der Waals surface area contributed by atoms with Gasteiger partial charge in [0.15, 0.2) is 0 Å². The van der Waals surface area contributed by atoms with Gasteiger partial charge in [0.25, 0.3) is 0 Å². The predicted molar refractivity (Wildman–Crippen MR) is 86.6 cm³/mol. The average Bonchev–Trinajstić information content (AvgIpc) is 2.82. The molecule has 3 heteroatoms. The summed E-state index contributed by atoms with van der Waals surface area (Å²) in [6.07, 6.45) is 2.14. The molecule has 102 valence electrons. The second-order valence-electron chi connectivity index (χ2n) is 5.01. The van der Waals surface area contributed by atoms with E-state index in [2.05, 4.69) is 47.3 Å². The summed E-state index contributed by atoms with van der Waals surface area (Å²) in [7, 11) is 0. The number of aryl methyl sites for hydroxylation is 1. The fraction of sp³-hybridized carbons (Fsp3) is 0.176. The Morgan fingerprint density at radius 3 is 2.85 bits per heavy atom. The van der Waals surface area contributed by atoms with Gasteiger partial charge in [-0.15, -0.1) is 0 Å².